The number of esters is 1. The monoisotopic (exact) mass is 561 g/mol. The maximum absolute atomic E-state index is 14.1. The number of hydrogen-bond acceptors (Lipinski definition) is 4. The Morgan fingerprint density at radius 3 is 1.65 bits per heavy atom. The standard InChI is InChI=1S/C38H27NO4/c40-36-34-32-28-13-4-5-14-29(28)33(31-16-7-6-15-30(31)32)35(34)37(41)39(36)26-12-8-11-25(22-26)38(42)43-27-19-17-24(18-20-27)21-23-9-2-1-3-10-23/h1-20,22,32-35H,21H2/t32?,33?,34-,35-/m1/s1. The van der Waals surface area contributed by atoms with Gasteiger partial charge in [0, 0.05) is 11.8 Å². The molecule has 2 amide bonds. The van der Waals surface area contributed by atoms with Gasteiger partial charge in [-0.3, -0.25) is 9.59 Å². The van der Waals surface area contributed by atoms with Gasteiger partial charge in [0.2, 0.25) is 11.8 Å². The Morgan fingerprint density at radius 1 is 0.581 bits per heavy atom. The Labute approximate surface area is 249 Å². The molecule has 9 rings (SSSR count). The van der Waals surface area contributed by atoms with Crippen LogP contribution in [0.2, 0.25) is 0 Å². The average Bonchev–Trinajstić information content (AvgIpc) is 3.32. The van der Waals surface area contributed by atoms with Crippen LogP contribution in [-0.4, -0.2) is 17.8 Å². The molecule has 0 N–H and O–H groups in total. The summed E-state index contributed by atoms with van der Waals surface area (Å²) in [5.41, 5.74) is 7.49. The summed E-state index contributed by atoms with van der Waals surface area (Å²) < 4.78 is 5.67. The second kappa shape index (κ2) is 9.92. The van der Waals surface area contributed by atoms with Crippen LogP contribution in [0.25, 0.3) is 0 Å². The number of imide groups is 1. The fourth-order valence-corrected chi connectivity index (χ4v) is 7.38. The second-order valence-corrected chi connectivity index (χ2v) is 11.5. The van der Waals surface area contributed by atoms with Crippen LogP contribution < -0.4 is 9.64 Å². The fraction of sp³-hybridized carbons (Fsp3) is 0.132. The van der Waals surface area contributed by atoms with Gasteiger partial charge in [0.1, 0.15) is 5.75 Å². The third kappa shape index (κ3) is 4.03. The lowest BCUT2D eigenvalue weighted by molar-refractivity contribution is -0.122. The van der Waals surface area contributed by atoms with Crippen molar-refractivity contribution in [1.82, 2.24) is 0 Å². The molecular weight excluding hydrogens is 534 g/mol. The summed E-state index contributed by atoms with van der Waals surface area (Å²) in [6, 6.07) is 40.6. The topological polar surface area (TPSA) is 63.7 Å². The van der Waals surface area contributed by atoms with Crippen molar-refractivity contribution in [2.24, 2.45) is 11.8 Å². The number of hydrogen-bond donors (Lipinski definition) is 0. The molecule has 1 saturated heterocycles. The summed E-state index contributed by atoms with van der Waals surface area (Å²) in [4.78, 5) is 42.6. The largest absolute Gasteiger partial charge is 0.423 e. The molecule has 1 fully saturated rings. The molecule has 2 atom stereocenters. The lowest BCUT2D eigenvalue weighted by atomic mass is 9.55. The Bertz CT molecular complexity index is 1800. The van der Waals surface area contributed by atoms with Gasteiger partial charge in [-0.05, 0) is 70.1 Å². The van der Waals surface area contributed by atoms with E-state index in [0.29, 0.717) is 11.4 Å². The van der Waals surface area contributed by atoms with E-state index in [1.54, 1.807) is 36.4 Å². The zero-order valence-corrected chi connectivity index (χ0v) is 23.2. The number of amides is 2. The molecule has 1 heterocycles. The minimum atomic E-state index is -0.547. The quantitative estimate of drug-likeness (QED) is 0.133. The Hall–Kier alpha value is -5.29. The van der Waals surface area contributed by atoms with E-state index >= 15 is 0 Å². The molecule has 0 aromatic heterocycles. The van der Waals surface area contributed by atoms with E-state index in [0.717, 1.165) is 34.2 Å². The highest BCUT2D eigenvalue weighted by atomic mass is 16.5. The molecule has 5 aromatic rings. The number of nitrogens with zero attached hydrogens (tertiary/aromatic N) is 1. The maximum atomic E-state index is 14.1. The van der Waals surface area contributed by atoms with Crippen LogP contribution in [0.5, 0.6) is 5.75 Å². The van der Waals surface area contributed by atoms with Crippen LogP contribution >= 0.6 is 0 Å². The molecule has 1 aliphatic heterocycles. The number of ether oxygens (including phenoxy) is 1. The molecule has 5 nitrogen and oxygen atoms in total. The van der Waals surface area contributed by atoms with Crippen LogP contribution in [0.3, 0.4) is 0 Å². The predicted octanol–water partition coefficient (Wildman–Crippen LogP) is 6.89. The van der Waals surface area contributed by atoms with Gasteiger partial charge in [-0.2, -0.15) is 0 Å². The Morgan fingerprint density at radius 2 is 1.09 bits per heavy atom. The van der Waals surface area contributed by atoms with Crippen molar-refractivity contribution in [3.63, 3.8) is 0 Å². The summed E-state index contributed by atoms with van der Waals surface area (Å²) in [5, 5.41) is 0. The third-order valence-electron chi connectivity index (χ3n) is 9.17. The molecule has 208 valence electrons. The van der Waals surface area contributed by atoms with Gasteiger partial charge in [-0.25, -0.2) is 9.69 Å². The van der Waals surface area contributed by atoms with Gasteiger partial charge >= 0.3 is 5.97 Å². The zero-order valence-electron chi connectivity index (χ0n) is 23.2. The van der Waals surface area contributed by atoms with Crippen LogP contribution in [0.1, 0.15) is 55.6 Å². The zero-order chi connectivity index (χ0) is 29.1. The second-order valence-electron chi connectivity index (χ2n) is 11.5. The van der Waals surface area contributed by atoms with Crippen molar-refractivity contribution in [3.8, 4) is 5.75 Å². The highest BCUT2D eigenvalue weighted by Crippen LogP contribution is 2.61. The lowest BCUT2D eigenvalue weighted by Gasteiger charge is -2.45. The van der Waals surface area contributed by atoms with Gasteiger partial charge in [0.05, 0.1) is 23.1 Å². The summed E-state index contributed by atoms with van der Waals surface area (Å²) in [6.45, 7) is 0. The van der Waals surface area contributed by atoms with E-state index < -0.39 is 17.8 Å². The minimum Gasteiger partial charge on any atom is -0.423 e. The highest BCUT2D eigenvalue weighted by molar-refractivity contribution is 6.23. The van der Waals surface area contributed by atoms with E-state index in [-0.39, 0.29) is 29.2 Å². The van der Waals surface area contributed by atoms with Crippen LogP contribution in [-0.2, 0) is 16.0 Å². The SMILES string of the molecule is O=C(Oc1ccc(Cc2ccccc2)cc1)c1cccc(N2C(=O)[C@@H]3C4c5ccccc5C(c5ccccc54)[C@H]3C2=O)c1. The maximum Gasteiger partial charge on any atom is 0.343 e. The van der Waals surface area contributed by atoms with Crippen molar-refractivity contribution in [1.29, 1.82) is 0 Å². The summed E-state index contributed by atoms with van der Waals surface area (Å²) in [6.07, 6.45) is 0.787. The molecule has 4 aliphatic rings. The van der Waals surface area contributed by atoms with Crippen LogP contribution in [0, 0.1) is 11.8 Å². The number of benzene rings is 5. The first-order chi connectivity index (χ1) is 21.1. The molecule has 5 aromatic carbocycles. The number of carbonyl (C=O) groups excluding carboxylic acids is 3. The molecule has 0 saturated carbocycles. The third-order valence-corrected chi connectivity index (χ3v) is 9.17. The summed E-state index contributed by atoms with van der Waals surface area (Å²) >= 11 is 0. The summed E-state index contributed by atoms with van der Waals surface area (Å²) in [7, 11) is 0. The van der Waals surface area contributed by atoms with Gasteiger partial charge in [-0.1, -0.05) is 97.1 Å². The van der Waals surface area contributed by atoms with E-state index in [4.69, 9.17) is 4.74 Å². The molecule has 2 bridgehead atoms. The fourth-order valence-electron chi connectivity index (χ4n) is 7.38. The Balaban J connectivity index is 1.06. The van der Waals surface area contributed by atoms with E-state index in [1.165, 1.54) is 10.5 Å². The van der Waals surface area contributed by atoms with E-state index in [1.807, 2.05) is 54.6 Å². The van der Waals surface area contributed by atoms with E-state index in [2.05, 4.69) is 36.4 Å². The molecular formula is C38H27NO4. The van der Waals surface area contributed by atoms with Gasteiger partial charge in [-0.15, -0.1) is 0 Å². The molecule has 0 radical (unpaired) electrons. The number of anilines is 1. The predicted molar refractivity (Wildman–Crippen MR) is 163 cm³/mol. The molecule has 0 spiro atoms. The highest BCUT2D eigenvalue weighted by Gasteiger charge is 2.61. The van der Waals surface area contributed by atoms with Crippen molar-refractivity contribution < 1.29 is 19.1 Å². The molecule has 0 unspecified atom stereocenters. The van der Waals surface area contributed by atoms with Crippen molar-refractivity contribution >= 4 is 23.5 Å². The van der Waals surface area contributed by atoms with Gasteiger partial charge in [0.25, 0.3) is 0 Å². The van der Waals surface area contributed by atoms with Crippen molar-refractivity contribution in [3.05, 3.63) is 166 Å². The molecule has 5 heteroatoms. The van der Waals surface area contributed by atoms with Gasteiger partial charge in [0.15, 0.2) is 0 Å². The average molecular weight is 562 g/mol. The Kier molecular flexibility index (Phi) is 5.86. The van der Waals surface area contributed by atoms with Crippen molar-refractivity contribution in [2.45, 2.75) is 18.3 Å². The number of carbonyl (C=O) groups is 3. The molecule has 3 aliphatic carbocycles. The molecule has 43 heavy (non-hydrogen) atoms. The van der Waals surface area contributed by atoms with Crippen LogP contribution in [0.15, 0.2) is 127 Å². The minimum absolute atomic E-state index is 0.179. The van der Waals surface area contributed by atoms with Crippen molar-refractivity contribution in [2.75, 3.05) is 4.90 Å². The summed E-state index contributed by atoms with van der Waals surface area (Å²) in [5.74, 6) is -1.86. The smallest absolute Gasteiger partial charge is 0.343 e. The first-order valence-corrected chi connectivity index (χ1v) is 14.6. The lowest BCUT2D eigenvalue weighted by Crippen LogP contribution is -2.41. The van der Waals surface area contributed by atoms with E-state index in [9.17, 15) is 14.4 Å². The normalized spacial score (nSPS) is 21.3. The van der Waals surface area contributed by atoms with Crippen LogP contribution in [0.4, 0.5) is 5.69 Å². The first kappa shape index (κ1) is 25.4. The van der Waals surface area contributed by atoms with Gasteiger partial charge < -0.3 is 4.74 Å². The number of rotatable bonds is 5. The first-order valence-electron chi connectivity index (χ1n) is 14.6.